The molecule has 5 heteroatoms. The second-order valence-corrected chi connectivity index (χ2v) is 3.19. The minimum Gasteiger partial charge on any atom is -0.458 e. The van der Waals surface area contributed by atoms with Crippen molar-refractivity contribution in [2.45, 2.75) is 26.6 Å². The number of hydrogen-bond acceptors (Lipinski definition) is 5. The highest BCUT2D eigenvalue weighted by Gasteiger charge is 2.35. The smallest absolute Gasteiger partial charge is 0.337 e. The Morgan fingerprint density at radius 1 is 1.57 bits per heavy atom. The van der Waals surface area contributed by atoms with Gasteiger partial charge in [0.2, 0.25) is 0 Å². The lowest BCUT2D eigenvalue weighted by Crippen LogP contribution is -2.42. The van der Waals surface area contributed by atoms with Crippen LogP contribution in [-0.4, -0.2) is 24.3 Å². The van der Waals surface area contributed by atoms with Gasteiger partial charge in [0.15, 0.2) is 6.61 Å². The third-order valence-corrected chi connectivity index (χ3v) is 1.55. The van der Waals surface area contributed by atoms with Crippen molar-refractivity contribution < 1.29 is 23.8 Å². The molecule has 5 nitrogen and oxygen atoms in total. The maximum absolute atomic E-state index is 11.0. The Kier molecular flexibility index (Phi) is 2.78. The summed E-state index contributed by atoms with van der Waals surface area (Å²) in [6.07, 6.45) is 1.23. The van der Waals surface area contributed by atoms with E-state index in [0.717, 1.165) is 0 Å². The van der Waals surface area contributed by atoms with E-state index in [2.05, 4.69) is 0 Å². The van der Waals surface area contributed by atoms with Gasteiger partial charge < -0.3 is 14.2 Å². The van der Waals surface area contributed by atoms with Crippen molar-refractivity contribution in [2.75, 3.05) is 6.61 Å². The Morgan fingerprint density at radius 3 is 2.71 bits per heavy atom. The van der Waals surface area contributed by atoms with Crippen LogP contribution in [0.1, 0.15) is 20.8 Å². The number of hydrogen-bond donors (Lipinski definition) is 0. The minimum atomic E-state index is -1.21. The van der Waals surface area contributed by atoms with E-state index in [1.807, 2.05) is 0 Å². The highest BCUT2D eigenvalue weighted by atomic mass is 16.7. The standard InChI is InChI=1S/C9H12O5/c1-6-4-8(11)14-9(3,13-6)5-12-7(2)10/h4H,5H2,1-3H3. The van der Waals surface area contributed by atoms with Crippen LogP contribution >= 0.6 is 0 Å². The molecule has 0 aromatic heterocycles. The van der Waals surface area contributed by atoms with Gasteiger partial charge in [-0.05, 0) is 6.92 Å². The topological polar surface area (TPSA) is 61.8 Å². The summed E-state index contributed by atoms with van der Waals surface area (Å²) in [5, 5.41) is 0. The summed E-state index contributed by atoms with van der Waals surface area (Å²) in [5.74, 6) is -1.71. The second-order valence-electron chi connectivity index (χ2n) is 3.19. The van der Waals surface area contributed by atoms with Crippen molar-refractivity contribution >= 4 is 11.9 Å². The Bertz CT molecular complexity index is 294. The Balaban J connectivity index is 2.62. The quantitative estimate of drug-likeness (QED) is 0.615. The molecule has 0 N–H and O–H groups in total. The molecule has 0 aromatic carbocycles. The zero-order chi connectivity index (χ0) is 10.8. The summed E-state index contributed by atoms with van der Waals surface area (Å²) < 4.78 is 14.8. The number of rotatable bonds is 2. The highest BCUT2D eigenvalue weighted by Crippen LogP contribution is 2.22. The lowest BCUT2D eigenvalue weighted by atomic mass is 10.3. The number of cyclic esters (lactones) is 1. The molecule has 78 valence electrons. The predicted octanol–water partition coefficient (Wildman–Crippen LogP) is 0.743. The largest absolute Gasteiger partial charge is 0.458 e. The molecule has 1 heterocycles. The minimum absolute atomic E-state index is 0.112. The van der Waals surface area contributed by atoms with Crippen LogP contribution in [0.3, 0.4) is 0 Å². The predicted molar refractivity (Wildman–Crippen MR) is 46.0 cm³/mol. The summed E-state index contributed by atoms with van der Waals surface area (Å²) in [4.78, 5) is 21.6. The van der Waals surface area contributed by atoms with Crippen molar-refractivity contribution in [3.8, 4) is 0 Å². The summed E-state index contributed by atoms with van der Waals surface area (Å²) in [7, 11) is 0. The van der Waals surface area contributed by atoms with Crippen LogP contribution in [0.15, 0.2) is 11.8 Å². The molecule has 1 unspecified atom stereocenters. The molecule has 0 fully saturated rings. The van der Waals surface area contributed by atoms with Gasteiger partial charge in [-0.3, -0.25) is 4.79 Å². The van der Waals surface area contributed by atoms with Crippen molar-refractivity contribution in [3.05, 3.63) is 11.8 Å². The first-order chi connectivity index (χ1) is 6.41. The van der Waals surface area contributed by atoms with Gasteiger partial charge in [0.25, 0.3) is 5.79 Å². The fourth-order valence-corrected chi connectivity index (χ4v) is 1.09. The molecule has 0 saturated carbocycles. The summed E-state index contributed by atoms with van der Waals surface area (Å²) in [5.41, 5.74) is 0. The van der Waals surface area contributed by atoms with Gasteiger partial charge in [-0.2, -0.15) is 0 Å². The monoisotopic (exact) mass is 200 g/mol. The molecule has 0 spiro atoms. The van der Waals surface area contributed by atoms with Crippen molar-refractivity contribution in [1.29, 1.82) is 0 Å². The summed E-state index contributed by atoms with van der Waals surface area (Å²) in [6.45, 7) is 4.33. The zero-order valence-electron chi connectivity index (χ0n) is 8.33. The van der Waals surface area contributed by atoms with Crippen LogP contribution in [-0.2, 0) is 23.8 Å². The van der Waals surface area contributed by atoms with E-state index in [4.69, 9.17) is 14.2 Å². The highest BCUT2D eigenvalue weighted by molar-refractivity contribution is 5.83. The maximum Gasteiger partial charge on any atom is 0.337 e. The SMILES string of the molecule is CC(=O)OCC1(C)OC(=O)C=C(C)O1. The van der Waals surface area contributed by atoms with Crippen LogP contribution in [0, 0.1) is 0 Å². The second kappa shape index (κ2) is 3.69. The van der Waals surface area contributed by atoms with E-state index in [1.165, 1.54) is 19.9 Å². The molecule has 1 atom stereocenters. The van der Waals surface area contributed by atoms with Crippen molar-refractivity contribution in [3.63, 3.8) is 0 Å². The number of carbonyl (C=O) groups is 2. The number of ether oxygens (including phenoxy) is 3. The summed E-state index contributed by atoms with van der Waals surface area (Å²) in [6, 6.07) is 0. The molecule has 0 aliphatic carbocycles. The van der Waals surface area contributed by atoms with Crippen molar-refractivity contribution in [2.24, 2.45) is 0 Å². The third kappa shape index (κ3) is 2.76. The Labute approximate surface area is 81.6 Å². The van der Waals surface area contributed by atoms with Gasteiger partial charge in [-0.15, -0.1) is 0 Å². The molecule has 14 heavy (non-hydrogen) atoms. The molecule has 0 bridgehead atoms. The van der Waals surface area contributed by atoms with Gasteiger partial charge in [0.1, 0.15) is 5.76 Å². The molecular weight excluding hydrogens is 188 g/mol. The zero-order valence-corrected chi connectivity index (χ0v) is 8.33. The summed E-state index contributed by atoms with van der Waals surface area (Å²) >= 11 is 0. The molecule has 0 aromatic rings. The number of carbonyl (C=O) groups excluding carboxylic acids is 2. The first-order valence-corrected chi connectivity index (χ1v) is 4.15. The Morgan fingerprint density at radius 2 is 2.21 bits per heavy atom. The first-order valence-electron chi connectivity index (χ1n) is 4.15. The van der Waals surface area contributed by atoms with Crippen LogP contribution in [0.25, 0.3) is 0 Å². The van der Waals surface area contributed by atoms with Gasteiger partial charge in [0.05, 0.1) is 6.08 Å². The van der Waals surface area contributed by atoms with E-state index in [1.54, 1.807) is 6.92 Å². The maximum atomic E-state index is 11.0. The van der Waals surface area contributed by atoms with E-state index < -0.39 is 17.7 Å². The lowest BCUT2D eigenvalue weighted by molar-refractivity contribution is -0.231. The van der Waals surface area contributed by atoms with Gasteiger partial charge in [-0.1, -0.05) is 0 Å². The fourth-order valence-electron chi connectivity index (χ4n) is 1.09. The first kappa shape index (κ1) is 10.6. The molecule has 1 aliphatic heterocycles. The lowest BCUT2D eigenvalue weighted by Gasteiger charge is -2.32. The van der Waals surface area contributed by atoms with Gasteiger partial charge >= 0.3 is 11.9 Å². The van der Waals surface area contributed by atoms with E-state index in [0.29, 0.717) is 5.76 Å². The molecule has 0 radical (unpaired) electrons. The van der Waals surface area contributed by atoms with Crippen LogP contribution < -0.4 is 0 Å². The average Bonchev–Trinajstić information content (AvgIpc) is 1.98. The van der Waals surface area contributed by atoms with E-state index in [-0.39, 0.29) is 6.61 Å². The van der Waals surface area contributed by atoms with Crippen LogP contribution in [0.5, 0.6) is 0 Å². The number of esters is 2. The molecule has 0 amide bonds. The van der Waals surface area contributed by atoms with Gasteiger partial charge in [0, 0.05) is 13.8 Å². The Hall–Kier alpha value is -1.52. The normalized spacial score (nSPS) is 25.9. The van der Waals surface area contributed by atoms with Gasteiger partial charge in [-0.25, -0.2) is 4.79 Å². The molecule has 0 saturated heterocycles. The van der Waals surface area contributed by atoms with Crippen LogP contribution in [0.2, 0.25) is 0 Å². The number of allylic oxidation sites excluding steroid dienone is 1. The molecular formula is C9H12O5. The fraction of sp³-hybridized carbons (Fsp3) is 0.556. The van der Waals surface area contributed by atoms with Crippen LogP contribution in [0.4, 0.5) is 0 Å². The average molecular weight is 200 g/mol. The van der Waals surface area contributed by atoms with Crippen molar-refractivity contribution in [1.82, 2.24) is 0 Å². The van der Waals surface area contributed by atoms with E-state index in [9.17, 15) is 9.59 Å². The molecule has 1 aliphatic rings. The van der Waals surface area contributed by atoms with E-state index >= 15 is 0 Å². The third-order valence-electron chi connectivity index (χ3n) is 1.55. The molecule has 1 rings (SSSR count).